The number of carbonyl (C=O) groups is 2. The highest BCUT2D eigenvalue weighted by Crippen LogP contribution is 2.26. The summed E-state index contributed by atoms with van der Waals surface area (Å²) in [6.45, 7) is 6.20. The number of carboxylic acid groups (broad SMARTS) is 1. The van der Waals surface area contributed by atoms with Gasteiger partial charge in [-0.15, -0.1) is 0 Å². The quantitative estimate of drug-likeness (QED) is 0.807. The first-order valence-electron chi connectivity index (χ1n) is 8.03. The number of aliphatic carboxylic acids is 1. The molecule has 6 nitrogen and oxygen atoms in total. The number of benzene rings is 1. The molecule has 1 atom stereocenters. The first kappa shape index (κ1) is 18.6. The molecule has 134 valence electrons. The van der Waals surface area contributed by atoms with Gasteiger partial charge in [0, 0.05) is 12.7 Å². The molecule has 0 bridgehead atoms. The van der Waals surface area contributed by atoms with Crippen LogP contribution in [0.4, 0.5) is 4.39 Å². The third kappa shape index (κ3) is 4.65. The number of carbonyl (C=O) groups excluding carboxylic acids is 1. The Morgan fingerprint density at radius 2 is 1.92 bits per heavy atom. The van der Waals surface area contributed by atoms with Crippen LogP contribution in [0.2, 0.25) is 0 Å². The Labute approximate surface area is 145 Å². The van der Waals surface area contributed by atoms with Crippen LogP contribution in [-0.2, 0) is 16.9 Å². The average molecular weight is 347 g/mol. The highest BCUT2D eigenvalue weighted by molar-refractivity contribution is 5.93. The predicted molar refractivity (Wildman–Crippen MR) is 90.5 cm³/mol. The van der Waals surface area contributed by atoms with Gasteiger partial charge in [0.2, 0.25) is 0 Å². The number of nitrogens with zero attached hydrogens (tertiary/aromatic N) is 2. The molecule has 0 aliphatic rings. The van der Waals surface area contributed by atoms with E-state index in [-0.39, 0.29) is 6.42 Å². The summed E-state index contributed by atoms with van der Waals surface area (Å²) < 4.78 is 14.8. The zero-order valence-corrected chi connectivity index (χ0v) is 14.5. The Kier molecular flexibility index (Phi) is 5.56. The zero-order chi connectivity index (χ0) is 18.6. The molecule has 7 heteroatoms. The Morgan fingerprint density at radius 3 is 2.48 bits per heavy atom. The van der Waals surface area contributed by atoms with Crippen LogP contribution in [-0.4, -0.2) is 26.8 Å². The van der Waals surface area contributed by atoms with Crippen LogP contribution >= 0.6 is 0 Å². The van der Waals surface area contributed by atoms with E-state index in [1.54, 1.807) is 17.7 Å². The molecule has 0 aliphatic carbocycles. The second-order valence-corrected chi connectivity index (χ2v) is 6.66. The maximum absolute atomic E-state index is 13.2. The summed E-state index contributed by atoms with van der Waals surface area (Å²) in [5.41, 5.74) is -0.309. The second kappa shape index (κ2) is 7.46. The molecule has 25 heavy (non-hydrogen) atoms. The van der Waals surface area contributed by atoms with Gasteiger partial charge in [-0.1, -0.05) is 26.0 Å². The van der Waals surface area contributed by atoms with Crippen molar-refractivity contribution in [2.45, 2.75) is 39.3 Å². The summed E-state index contributed by atoms with van der Waals surface area (Å²) in [4.78, 5) is 24.0. The molecule has 0 fully saturated rings. The Morgan fingerprint density at radius 1 is 1.28 bits per heavy atom. The minimum Gasteiger partial charge on any atom is -0.481 e. The molecular formula is C18H22FN3O3. The molecule has 1 amide bonds. The summed E-state index contributed by atoms with van der Waals surface area (Å²) in [5, 5.41) is 16.2. The van der Waals surface area contributed by atoms with E-state index in [2.05, 4.69) is 10.4 Å². The van der Waals surface area contributed by atoms with E-state index >= 15 is 0 Å². The number of amides is 1. The number of hydrogen-bond donors (Lipinski definition) is 2. The molecule has 1 heterocycles. The SMILES string of the molecule is CC(C)Cn1nccc1C(=O)NC(C)(CC(=O)O)c1ccc(F)cc1. The first-order valence-corrected chi connectivity index (χ1v) is 8.03. The van der Waals surface area contributed by atoms with Gasteiger partial charge < -0.3 is 10.4 Å². The summed E-state index contributed by atoms with van der Waals surface area (Å²) in [6.07, 6.45) is 1.20. The van der Waals surface area contributed by atoms with Crippen molar-refractivity contribution in [2.75, 3.05) is 0 Å². The van der Waals surface area contributed by atoms with Crippen LogP contribution in [0.1, 0.15) is 43.2 Å². The van der Waals surface area contributed by atoms with Crippen molar-refractivity contribution in [2.24, 2.45) is 5.92 Å². The van der Waals surface area contributed by atoms with E-state index < -0.39 is 23.2 Å². The third-order valence-corrected chi connectivity index (χ3v) is 3.86. The largest absolute Gasteiger partial charge is 0.481 e. The predicted octanol–water partition coefficient (Wildman–Crippen LogP) is 2.80. The van der Waals surface area contributed by atoms with Crippen molar-refractivity contribution >= 4 is 11.9 Å². The van der Waals surface area contributed by atoms with Crippen LogP contribution in [0.25, 0.3) is 0 Å². The van der Waals surface area contributed by atoms with E-state index in [4.69, 9.17) is 0 Å². The Balaban J connectivity index is 2.31. The van der Waals surface area contributed by atoms with E-state index in [1.807, 2.05) is 13.8 Å². The van der Waals surface area contributed by atoms with Gasteiger partial charge in [0.1, 0.15) is 11.5 Å². The monoisotopic (exact) mass is 347 g/mol. The fourth-order valence-electron chi connectivity index (χ4n) is 2.67. The summed E-state index contributed by atoms with van der Waals surface area (Å²) in [5.74, 6) is -1.62. The molecule has 2 rings (SSSR count). The van der Waals surface area contributed by atoms with Crippen LogP contribution in [0, 0.1) is 11.7 Å². The van der Waals surface area contributed by atoms with Crippen molar-refractivity contribution in [1.82, 2.24) is 15.1 Å². The van der Waals surface area contributed by atoms with Crippen LogP contribution in [0.3, 0.4) is 0 Å². The maximum Gasteiger partial charge on any atom is 0.306 e. The molecule has 0 aliphatic heterocycles. The molecule has 0 saturated carbocycles. The summed E-state index contributed by atoms with van der Waals surface area (Å²) in [7, 11) is 0. The van der Waals surface area contributed by atoms with Crippen LogP contribution in [0.5, 0.6) is 0 Å². The lowest BCUT2D eigenvalue weighted by Gasteiger charge is -2.30. The molecule has 1 aromatic heterocycles. The fraction of sp³-hybridized carbons (Fsp3) is 0.389. The van der Waals surface area contributed by atoms with Crippen molar-refractivity contribution in [3.8, 4) is 0 Å². The third-order valence-electron chi connectivity index (χ3n) is 3.86. The Hall–Kier alpha value is -2.70. The van der Waals surface area contributed by atoms with Gasteiger partial charge in [0.05, 0.1) is 12.0 Å². The van der Waals surface area contributed by atoms with E-state index in [9.17, 15) is 19.1 Å². The summed E-state index contributed by atoms with van der Waals surface area (Å²) >= 11 is 0. The smallest absolute Gasteiger partial charge is 0.306 e. The number of rotatable bonds is 7. The van der Waals surface area contributed by atoms with E-state index in [1.165, 1.54) is 30.5 Å². The first-order chi connectivity index (χ1) is 11.7. The van der Waals surface area contributed by atoms with E-state index in [0.29, 0.717) is 23.7 Å². The number of nitrogens with one attached hydrogen (secondary N) is 1. The van der Waals surface area contributed by atoms with Gasteiger partial charge in [-0.25, -0.2) is 4.39 Å². The number of aromatic nitrogens is 2. The standard InChI is InChI=1S/C18H22FN3O3/c1-12(2)11-22-15(8-9-20-22)17(25)21-18(3,10-16(23)24)13-4-6-14(19)7-5-13/h4-9,12H,10-11H2,1-3H3,(H,21,25)(H,23,24). The van der Waals surface area contributed by atoms with Crippen LogP contribution in [0.15, 0.2) is 36.5 Å². The van der Waals surface area contributed by atoms with Gasteiger partial charge in [0.15, 0.2) is 0 Å². The van der Waals surface area contributed by atoms with Gasteiger partial charge in [-0.3, -0.25) is 14.3 Å². The molecule has 1 aromatic carbocycles. The molecular weight excluding hydrogens is 325 g/mol. The minimum atomic E-state index is -1.18. The average Bonchev–Trinajstić information content (AvgIpc) is 2.94. The number of halogens is 1. The lowest BCUT2D eigenvalue weighted by atomic mass is 9.88. The Bertz CT molecular complexity index is 755. The molecule has 1 unspecified atom stereocenters. The van der Waals surface area contributed by atoms with Gasteiger partial charge >= 0.3 is 5.97 Å². The minimum absolute atomic E-state index is 0.300. The zero-order valence-electron chi connectivity index (χ0n) is 14.5. The van der Waals surface area contributed by atoms with Crippen molar-refractivity contribution in [3.63, 3.8) is 0 Å². The van der Waals surface area contributed by atoms with Crippen molar-refractivity contribution in [3.05, 3.63) is 53.6 Å². The lowest BCUT2D eigenvalue weighted by molar-refractivity contribution is -0.138. The highest BCUT2D eigenvalue weighted by Gasteiger charge is 2.32. The molecule has 0 saturated heterocycles. The van der Waals surface area contributed by atoms with Crippen LogP contribution < -0.4 is 5.32 Å². The number of hydrogen-bond acceptors (Lipinski definition) is 3. The molecule has 2 aromatic rings. The van der Waals surface area contributed by atoms with Gasteiger partial charge in [0.25, 0.3) is 5.91 Å². The summed E-state index contributed by atoms with van der Waals surface area (Å²) in [6, 6.07) is 7.02. The maximum atomic E-state index is 13.2. The highest BCUT2D eigenvalue weighted by atomic mass is 19.1. The van der Waals surface area contributed by atoms with Crippen molar-refractivity contribution in [1.29, 1.82) is 0 Å². The molecule has 0 spiro atoms. The van der Waals surface area contributed by atoms with Gasteiger partial charge in [-0.05, 0) is 36.6 Å². The van der Waals surface area contributed by atoms with E-state index in [0.717, 1.165) is 0 Å². The normalized spacial score (nSPS) is 13.5. The second-order valence-electron chi connectivity index (χ2n) is 6.66. The molecule has 0 radical (unpaired) electrons. The number of carboxylic acids is 1. The fourth-order valence-corrected chi connectivity index (χ4v) is 2.67. The topological polar surface area (TPSA) is 84.2 Å². The molecule has 2 N–H and O–H groups in total. The lowest BCUT2D eigenvalue weighted by Crippen LogP contribution is -2.45. The van der Waals surface area contributed by atoms with Gasteiger partial charge in [-0.2, -0.15) is 5.10 Å². The van der Waals surface area contributed by atoms with Crippen molar-refractivity contribution < 1.29 is 19.1 Å².